The van der Waals surface area contributed by atoms with E-state index >= 15 is 0 Å². The molecule has 3 rings (SSSR count). The van der Waals surface area contributed by atoms with Gasteiger partial charge in [0.1, 0.15) is 11.3 Å². The normalized spacial score (nSPS) is 17.4. The zero-order valence-corrected chi connectivity index (χ0v) is 13.0. The van der Waals surface area contributed by atoms with Crippen molar-refractivity contribution in [2.45, 2.75) is 6.42 Å². The number of aliphatic carboxylic acids is 1. The lowest BCUT2D eigenvalue weighted by molar-refractivity contribution is -0.141. The topological polar surface area (TPSA) is 79.7 Å². The maximum Gasteiger partial charge on any atom is 0.308 e. The maximum atomic E-state index is 12.2. The Morgan fingerprint density at radius 1 is 1.39 bits per heavy atom. The van der Waals surface area contributed by atoms with Gasteiger partial charge in [-0.25, -0.2) is 0 Å². The number of benzene rings is 1. The van der Waals surface area contributed by atoms with Gasteiger partial charge in [-0.15, -0.1) is 0 Å². The molecular formula is C16H15ClN2O4. The van der Waals surface area contributed by atoms with Crippen molar-refractivity contribution >= 4 is 34.4 Å². The van der Waals surface area contributed by atoms with Gasteiger partial charge >= 0.3 is 5.97 Å². The standard InChI is InChI=1S/C16H15ClN2O4/c17-12-3-4-13(15-11(12)2-1-6-18-15)23-9-14(20)19-7-5-10(8-19)16(21)22/h1-4,6,10H,5,7-9H2,(H,21,22)/t10-/m0/s1. The molecule has 1 aliphatic heterocycles. The minimum absolute atomic E-state index is 0.153. The van der Waals surface area contributed by atoms with Crippen LogP contribution in [0.1, 0.15) is 6.42 Å². The van der Waals surface area contributed by atoms with Crippen LogP contribution in [0, 0.1) is 5.92 Å². The molecule has 1 fully saturated rings. The highest BCUT2D eigenvalue weighted by molar-refractivity contribution is 6.35. The quantitative estimate of drug-likeness (QED) is 0.927. The van der Waals surface area contributed by atoms with E-state index in [4.69, 9.17) is 21.4 Å². The first-order valence-electron chi connectivity index (χ1n) is 7.23. The lowest BCUT2D eigenvalue weighted by Crippen LogP contribution is -2.33. The fourth-order valence-electron chi connectivity index (χ4n) is 2.65. The first-order valence-corrected chi connectivity index (χ1v) is 7.60. The van der Waals surface area contributed by atoms with Crippen molar-refractivity contribution in [3.8, 4) is 5.75 Å². The number of carbonyl (C=O) groups excluding carboxylic acids is 1. The molecule has 7 heteroatoms. The smallest absolute Gasteiger partial charge is 0.308 e. The molecule has 0 radical (unpaired) electrons. The number of carboxylic acids is 1. The van der Waals surface area contributed by atoms with Gasteiger partial charge in [-0.3, -0.25) is 14.6 Å². The van der Waals surface area contributed by atoms with E-state index in [0.717, 1.165) is 5.39 Å². The summed E-state index contributed by atoms with van der Waals surface area (Å²) in [5, 5.41) is 10.3. The molecule has 0 aliphatic carbocycles. The van der Waals surface area contributed by atoms with Crippen molar-refractivity contribution in [1.82, 2.24) is 9.88 Å². The van der Waals surface area contributed by atoms with E-state index < -0.39 is 11.9 Å². The SMILES string of the molecule is O=C(O)[C@H]1CCN(C(=O)COc2ccc(Cl)c3cccnc23)C1. The number of carbonyl (C=O) groups is 2. The van der Waals surface area contributed by atoms with Gasteiger partial charge < -0.3 is 14.7 Å². The van der Waals surface area contributed by atoms with Crippen LogP contribution >= 0.6 is 11.6 Å². The highest BCUT2D eigenvalue weighted by atomic mass is 35.5. The van der Waals surface area contributed by atoms with E-state index in [0.29, 0.717) is 29.3 Å². The fraction of sp³-hybridized carbons (Fsp3) is 0.312. The molecule has 0 unspecified atom stereocenters. The number of ether oxygens (including phenoxy) is 1. The molecular weight excluding hydrogens is 320 g/mol. The highest BCUT2D eigenvalue weighted by Gasteiger charge is 2.30. The number of amides is 1. The summed E-state index contributed by atoms with van der Waals surface area (Å²) in [6, 6.07) is 6.98. The van der Waals surface area contributed by atoms with E-state index in [1.807, 2.05) is 6.07 Å². The summed E-state index contributed by atoms with van der Waals surface area (Å²) in [4.78, 5) is 28.8. The minimum atomic E-state index is -0.867. The average Bonchev–Trinajstić information content (AvgIpc) is 3.05. The fourth-order valence-corrected chi connectivity index (χ4v) is 2.86. The van der Waals surface area contributed by atoms with Crippen LogP contribution in [0.4, 0.5) is 0 Å². The number of carboxylic acid groups (broad SMARTS) is 1. The molecule has 23 heavy (non-hydrogen) atoms. The van der Waals surface area contributed by atoms with Crippen molar-refractivity contribution < 1.29 is 19.4 Å². The Morgan fingerprint density at radius 3 is 2.96 bits per heavy atom. The summed E-state index contributed by atoms with van der Waals surface area (Å²) in [5.74, 6) is -1.11. The van der Waals surface area contributed by atoms with Gasteiger partial charge in [0.2, 0.25) is 0 Å². The molecule has 1 amide bonds. The van der Waals surface area contributed by atoms with Crippen molar-refractivity contribution in [3.05, 3.63) is 35.5 Å². The molecule has 0 saturated carbocycles. The molecule has 1 aliphatic rings. The molecule has 1 N–H and O–H groups in total. The monoisotopic (exact) mass is 334 g/mol. The molecule has 1 atom stereocenters. The minimum Gasteiger partial charge on any atom is -0.481 e. The van der Waals surface area contributed by atoms with Crippen molar-refractivity contribution in [1.29, 1.82) is 0 Å². The van der Waals surface area contributed by atoms with Crippen LogP contribution in [-0.4, -0.2) is 46.6 Å². The van der Waals surface area contributed by atoms with Gasteiger partial charge in [0.15, 0.2) is 6.61 Å². The number of hydrogen-bond acceptors (Lipinski definition) is 4. The molecule has 1 saturated heterocycles. The van der Waals surface area contributed by atoms with Gasteiger partial charge in [-0.1, -0.05) is 11.6 Å². The lowest BCUT2D eigenvalue weighted by atomic mass is 10.1. The van der Waals surface area contributed by atoms with E-state index in [9.17, 15) is 9.59 Å². The first-order chi connectivity index (χ1) is 11.1. The Balaban J connectivity index is 1.68. The maximum absolute atomic E-state index is 12.2. The van der Waals surface area contributed by atoms with Gasteiger partial charge in [0.25, 0.3) is 5.91 Å². The van der Waals surface area contributed by atoms with Gasteiger partial charge in [-0.05, 0) is 30.7 Å². The Bertz CT molecular complexity index is 765. The second-order valence-electron chi connectivity index (χ2n) is 5.40. The molecule has 2 aromatic rings. The number of aromatic nitrogens is 1. The third-order valence-electron chi connectivity index (χ3n) is 3.92. The third kappa shape index (κ3) is 3.22. The van der Waals surface area contributed by atoms with E-state index in [-0.39, 0.29) is 19.1 Å². The zero-order valence-electron chi connectivity index (χ0n) is 12.2. The summed E-state index contributed by atoms with van der Waals surface area (Å²) < 4.78 is 5.58. The predicted octanol–water partition coefficient (Wildman–Crippen LogP) is 2.20. The Labute approximate surface area is 137 Å². The predicted molar refractivity (Wildman–Crippen MR) is 84.6 cm³/mol. The first kappa shape index (κ1) is 15.6. The molecule has 0 spiro atoms. The van der Waals surface area contributed by atoms with Crippen LogP contribution in [-0.2, 0) is 9.59 Å². The van der Waals surface area contributed by atoms with Crippen LogP contribution in [0.3, 0.4) is 0 Å². The zero-order chi connectivity index (χ0) is 16.4. The summed E-state index contributed by atoms with van der Waals surface area (Å²) in [6.45, 7) is 0.523. The molecule has 1 aromatic carbocycles. The Hall–Kier alpha value is -2.34. The van der Waals surface area contributed by atoms with Gasteiger partial charge in [0, 0.05) is 24.7 Å². The van der Waals surface area contributed by atoms with E-state index in [1.165, 1.54) is 4.90 Å². The number of rotatable bonds is 4. The average molecular weight is 335 g/mol. The number of pyridine rings is 1. The number of hydrogen-bond donors (Lipinski definition) is 1. The van der Waals surface area contributed by atoms with Crippen molar-refractivity contribution in [2.24, 2.45) is 5.92 Å². The van der Waals surface area contributed by atoms with Crippen LogP contribution in [0.15, 0.2) is 30.5 Å². The number of likely N-dealkylation sites (tertiary alicyclic amines) is 1. The molecule has 120 valence electrons. The Morgan fingerprint density at radius 2 is 2.22 bits per heavy atom. The molecule has 2 heterocycles. The largest absolute Gasteiger partial charge is 0.481 e. The Kier molecular flexibility index (Phi) is 4.34. The third-order valence-corrected chi connectivity index (χ3v) is 4.25. The van der Waals surface area contributed by atoms with Gasteiger partial charge in [0.05, 0.1) is 10.9 Å². The van der Waals surface area contributed by atoms with Crippen molar-refractivity contribution in [3.63, 3.8) is 0 Å². The lowest BCUT2D eigenvalue weighted by Gasteiger charge is -2.16. The summed E-state index contributed by atoms with van der Waals surface area (Å²) in [6.07, 6.45) is 2.11. The molecule has 6 nitrogen and oxygen atoms in total. The van der Waals surface area contributed by atoms with Crippen LogP contribution < -0.4 is 4.74 Å². The summed E-state index contributed by atoms with van der Waals surface area (Å²) in [7, 11) is 0. The molecule has 1 aromatic heterocycles. The van der Waals surface area contributed by atoms with Gasteiger partial charge in [-0.2, -0.15) is 0 Å². The van der Waals surface area contributed by atoms with Crippen molar-refractivity contribution in [2.75, 3.05) is 19.7 Å². The number of fused-ring (bicyclic) bond motifs is 1. The summed E-state index contributed by atoms with van der Waals surface area (Å²) in [5.41, 5.74) is 0.595. The number of nitrogens with zero attached hydrogens (tertiary/aromatic N) is 2. The van der Waals surface area contributed by atoms with E-state index in [2.05, 4.69) is 4.98 Å². The van der Waals surface area contributed by atoms with Crippen LogP contribution in [0.2, 0.25) is 5.02 Å². The van der Waals surface area contributed by atoms with E-state index in [1.54, 1.807) is 24.4 Å². The summed E-state index contributed by atoms with van der Waals surface area (Å²) >= 11 is 6.11. The second kappa shape index (κ2) is 6.42. The van der Waals surface area contributed by atoms with Crippen LogP contribution in [0.25, 0.3) is 10.9 Å². The molecule has 0 bridgehead atoms. The number of halogens is 1. The highest BCUT2D eigenvalue weighted by Crippen LogP contribution is 2.29. The second-order valence-corrected chi connectivity index (χ2v) is 5.80. The van der Waals surface area contributed by atoms with Crippen LogP contribution in [0.5, 0.6) is 5.75 Å².